The Labute approximate surface area is 143 Å². The van der Waals surface area contributed by atoms with Crippen LogP contribution in [0.15, 0.2) is 27.1 Å². The minimum atomic E-state index is 0.276. The van der Waals surface area contributed by atoms with E-state index >= 15 is 0 Å². The molecule has 0 spiro atoms. The van der Waals surface area contributed by atoms with Gasteiger partial charge in [0.15, 0.2) is 0 Å². The highest BCUT2D eigenvalue weighted by Gasteiger charge is 2.19. The molecule has 1 heterocycles. The summed E-state index contributed by atoms with van der Waals surface area (Å²) in [4.78, 5) is 0. The second-order valence-corrected chi connectivity index (χ2v) is 6.89. The summed E-state index contributed by atoms with van der Waals surface area (Å²) in [5.74, 6) is 0. The van der Waals surface area contributed by atoms with Gasteiger partial charge in [0.25, 0.3) is 0 Å². The van der Waals surface area contributed by atoms with Gasteiger partial charge in [-0.05, 0) is 53.5 Å². The summed E-state index contributed by atoms with van der Waals surface area (Å²) >= 11 is 7.30. The first kappa shape index (κ1) is 16.7. The highest BCUT2D eigenvalue weighted by atomic mass is 79.9. The number of likely N-dealkylation sites (N-methyl/N-ethyl adjacent to an activating group) is 1. The van der Waals surface area contributed by atoms with Crippen LogP contribution in [0.25, 0.3) is 0 Å². The van der Waals surface area contributed by atoms with Crippen LogP contribution < -0.4 is 5.32 Å². The van der Waals surface area contributed by atoms with Gasteiger partial charge in [-0.3, -0.25) is 4.68 Å². The number of nitrogens with one attached hydrogen (secondary N) is 1. The lowest BCUT2D eigenvalue weighted by Gasteiger charge is -2.21. The van der Waals surface area contributed by atoms with Gasteiger partial charge in [0.1, 0.15) is 0 Å². The fourth-order valence-corrected chi connectivity index (χ4v) is 3.51. The standard InChI is InChI=1S/C16H21Br2N3/c1-5-19-14(12-7-6-8-13(17)10(12)2)9-15-16(18)11(3)20-21(15)4/h6-8,14,19H,5,9H2,1-4H3. The van der Waals surface area contributed by atoms with E-state index in [2.05, 4.69) is 74.3 Å². The minimum Gasteiger partial charge on any atom is -0.310 e. The predicted octanol–water partition coefficient (Wildman–Crippen LogP) is 4.46. The van der Waals surface area contributed by atoms with Crippen molar-refractivity contribution in [2.75, 3.05) is 6.54 Å². The first-order valence-electron chi connectivity index (χ1n) is 7.12. The smallest absolute Gasteiger partial charge is 0.0738 e. The molecule has 0 aliphatic carbocycles. The Bertz CT molecular complexity index is 635. The number of halogens is 2. The molecule has 0 amide bonds. The van der Waals surface area contributed by atoms with Gasteiger partial charge < -0.3 is 5.32 Å². The van der Waals surface area contributed by atoms with Crippen LogP contribution in [0.5, 0.6) is 0 Å². The number of aryl methyl sites for hydroxylation is 2. The van der Waals surface area contributed by atoms with Gasteiger partial charge in [-0.1, -0.05) is 35.0 Å². The summed E-state index contributed by atoms with van der Waals surface area (Å²) in [6, 6.07) is 6.66. The Morgan fingerprint density at radius 2 is 2.00 bits per heavy atom. The fraction of sp³-hybridized carbons (Fsp3) is 0.438. The van der Waals surface area contributed by atoms with E-state index in [1.807, 2.05) is 18.7 Å². The van der Waals surface area contributed by atoms with E-state index in [0.29, 0.717) is 0 Å². The third kappa shape index (κ3) is 3.58. The quantitative estimate of drug-likeness (QED) is 0.782. The van der Waals surface area contributed by atoms with Crippen molar-refractivity contribution in [2.45, 2.75) is 33.2 Å². The van der Waals surface area contributed by atoms with Gasteiger partial charge in [-0.25, -0.2) is 0 Å². The maximum atomic E-state index is 4.49. The van der Waals surface area contributed by atoms with Crippen LogP contribution in [-0.2, 0) is 13.5 Å². The Balaban J connectivity index is 2.38. The molecule has 0 bridgehead atoms. The highest BCUT2D eigenvalue weighted by molar-refractivity contribution is 9.10. The zero-order valence-electron chi connectivity index (χ0n) is 12.9. The molecular weight excluding hydrogens is 394 g/mol. The molecule has 21 heavy (non-hydrogen) atoms. The van der Waals surface area contributed by atoms with Crippen molar-refractivity contribution in [3.8, 4) is 0 Å². The average Bonchev–Trinajstić information content (AvgIpc) is 2.68. The molecule has 2 rings (SSSR count). The maximum absolute atomic E-state index is 4.49. The Kier molecular flexibility index (Phi) is 5.63. The molecule has 114 valence electrons. The molecule has 1 unspecified atom stereocenters. The molecular formula is C16H21Br2N3. The van der Waals surface area contributed by atoms with Gasteiger partial charge in [0.2, 0.25) is 0 Å². The van der Waals surface area contributed by atoms with E-state index in [1.165, 1.54) is 16.8 Å². The monoisotopic (exact) mass is 413 g/mol. The molecule has 0 aliphatic rings. The van der Waals surface area contributed by atoms with E-state index in [1.54, 1.807) is 0 Å². The summed E-state index contributed by atoms with van der Waals surface area (Å²) in [5.41, 5.74) is 4.88. The van der Waals surface area contributed by atoms with Crippen LogP contribution in [0.1, 0.15) is 35.5 Å². The molecule has 3 nitrogen and oxygen atoms in total. The van der Waals surface area contributed by atoms with Gasteiger partial charge in [-0.15, -0.1) is 0 Å². The third-order valence-corrected chi connectivity index (χ3v) is 5.69. The summed E-state index contributed by atoms with van der Waals surface area (Å²) in [6.45, 7) is 7.27. The van der Waals surface area contributed by atoms with Gasteiger partial charge in [0.05, 0.1) is 15.9 Å². The lowest BCUT2D eigenvalue weighted by Crippen LogP contribution is -2.24. The van der Waals surface area contributed by atoms with E-state index in [0.717, 1.165) is 27.6 Å². The number of hydrogen-bond donors (Lipinski definition) is 1. The van der Waals surface area contributed by atoms with Crippen LogP contribution in [0.3, 0.4) is 0 Å². The van der Waals surface area contributed by atoms with Gasteiger partial charge in [0, 0.05) is 24.0 Å². The number of hydrogen-bond acceptors (Lipinski definition) is 2. The molecule has 0 aliphatic heterocycles. The predicted molar refractivity (Wildman–Crippen MR) is 94.6 cm³/mol. The van der Waals surface area contributed by atoms with Gasteiger partial charge >= 0.3 is 0 Å². The first-order chi connectivity index (χ1) is 9.95. The van der Waals surface area contributed by atoms with Crippen molar-refractivity contribution < 1.29 is 0 Å². The lowest BCUT2D eigenvalue weighted by molar-refractivity contribution is 0.525. The largest absolute Gasteiger partial charge is 0.310 e. The average molecular weight is 415 g/mol. The number of nitrogens with zero attached hydrogens (tertiary/aromatic N) is 2. The van der Waals surface area contributed by atoms with Crippen LogP contribution in [0.2, 0.25) is 0 Å². The second-order valence-electron chi connectivity index (χ2n) is 5.24. The van der Waals surface area contributed by atoms with E-state index in [9.17, 15) is 0 Å². The topological polar surface area (TPSA) is 29.9 Å². The number of benzene rings is 1. The molecule has 0 saturated carbocycles. The maximum Gasteiger partial charge on any atom is 0.0738 e. The molecule has 5 heteroatoms. The zero-order chi connectivity index (χ0) is 15.6. The molecule has 1 aromatic heterocycles. The van der Waals surface area contributed by atoms with Crippen LogP contribution >= 0.6 is 31.9 Å². The summed E-state index contributed by atoms with van der Waals surface area (Å²) in [6.07, 6.45) is 0.906. The van der Waals surface area contributed by atoms with Crippen molar-refractivity contribution in [1.29, 1.82) is 0 Å². The second kappa shape index (κ2) is 7.07. The molecule has 1 aromatic carbocycles. The summed E-state index contributed by atoms with van der Waals surface area (Å²) in [5, 5.41) is 8.09. The zero-order valence-corrected chi connectivity index (χ0v) is 16.0. The van der Waals surface area contributed by atoms with E-state index in [-0.39, 0.29) is 6.04 Å². The summed E-state index contributed by atoms with van der Waals surface area (Å²) in [7, 11) is 2.00. The van der Waals surface area contributed by atoms with Crippen molar-refractivity contribution in [1.82, 2.24) is 15.1 Å². The molecule has 0 saturated heterocycles. The van der Waals surface area contributed by atoms with Gasteiger partial charge in [-0.2, -0.15) is 5.10 Å². The van der Waals surface area contributed by atoms with Crippen molar-refractivity contribution >= 4 is 31.9 Å². The Hall–Kier alpha value is -0.650. The Morgan fingerprint density at radius 1 is 1.29 bits per heavy atom. The fourth-order valence-electron chi connectivity index (χ4n) is 2.64. The first-order valence-corrected chi connectivity index (χ1v) is 8.70. The minimum absolute atomic E-state index is 0.276. The molecule has 1 atom stereocenters. The van der Waals surface area contributed by atoms with Crippen LogP contribution in [0.4, 0.5) is 0 Å². The van der Waals surface area contributed by atoms with Crippen molar-refractivity contribution in [2.24, 2.45) is 7.05 Å². The molecule has 0 radical (unpaired) electrons. The molecule has 1 N–H and O–H groups in total. The van der Waals surface area contributed by atoms with Crippen LogP contribution in [0, 0.1) is 13.8 Å². The van der Waals surface area contributed by atoms with Crippen LogP contribution in [-0.4, -0.2) is 16.3 Å². The Morgan fingerprint density at radius 3 is 2.57 bits per heavy atom. The SMILES string of the molecule is CCNC(Cc1c(Br)c(C)nn1C)c1cccc(Br)c1C. The lowest BCUT2D eigenvalue weighted by atomic mass is 9.97. The van der Waals surface area contributed by atoms with E-state index in [4.69, 9.17) is 0 Å². The van der Waals surface area contributed by atoms with Crippen molar-refractivity contribution in [3.05, 3.63) is 49.7 Å². The highest BCUT2D eigenvalue weighted by Crippen LogP contribution is 2.29. The third-order valence-electron chi connectivity index (χ3n) is 3.79. The van der Waals surface area contributed by atoms with E-state index < -0.39 is 0 Å². The van der Waals surface area contributed by atoms with Crippen molar-refractivity contribution in [3.63, 3.8) is 0 Å². The summed E-state index contributed by atoms with van der Waals surface area (Å²) < 4.78 is 4.24. The molecule has 2 aromatic rings. The number of aromatic nitrogens is 2. The number of rotatable bonds is 5. The molecule has 0 fully saturated rings. The normalized spacial score (nSPS) is 12.7.